The largest absolute Gasteiger partial charge is 0.478 e. The van der Waals surface area contributed by atoms with E-state index in [9.17, 15) is 18.0 Å². The van der Waals surface area contributed by atoms with Crippen LogP contribution >= 0.6 is 0 Å². The number of carbonyl (C=O) groups is 1. The van der Waals surface area contributed by atoms with Gasteiger partial charge in [-0.2, -0.15) is 13.2 Å². The van der Waals surface area contributed by atoms with Gasteiger partial charge in [-0.25, -0.2) is 15.0 Å². The predicted molar refractivity (Wildman–Crippen MR) is 73.6 cm³/mol. The minimum Gasteiger partial charge on any atom is -0.478 e. The summed E-state index contributed by atoms with van der Waals surface area (Å²) in [5.41, 5.74) is -0.626. The highest BCUT2D eigenvalue weighted by Gasteiger charge is 2.31. The second-order valence-electron chi connectivity index (χ2n) is 4.38. The third-order valence-electron chi connectivity index (χ3n) is 2.73. The maximum atomic E-state index is 12.4. The molecular weight excluding hydrogens is 313 g/mol. The Kier molecular flexibility index (Phi) is 5.09. The number of rotatable bonds is 5. The van der Waals surface area contributed by atoms with Gasteiger partial charge in [-0.15, -0.1) is 0 Å². The number of pyridine rings is 1. The maximum Gasteiger partial charge on any atom is 0.419 e. The number of nitrogens with zero attached hydrogens (tertiary/aromatic N) is 3. The van der Waals surface area contributed by atoms with Crippen LogP contribution in [0.25, 0.3) is 0 Å². The fraction of sp³-hybridized carbons (Fsp3) is 0.286. The standard InChI is InChI=1S/C14H13F3N4O2/c1-2-23-12-5-9(3-4-18-12)13(22)21-8-11-19-6-10(7-20-11)14(15,16)17/h3-7H,2,8H2,1H3,(H,21,22). The summed E-state index contributed by atoms with van der Waals surface area (Å²) in [4.78, 5) is 23.0. The van der Waals surface area contributed by atoms with Crippen molar-refractivity contribution in [3.63, 3.8) is 0 Å². The van der Waals surface area contributed by atoms with Crippen molar-refractivity contribution in [1.29, 1.82) is 0 Å². The Morgan fingerprint density at radius 2 is 1.96 bits per heavy atom. The zero-order chi connectivity index (χ0) is 16.9. The Hall–Kier alpha value is -2.71. The van der Waals surface area contributed by atoms with Gasteiger partial charge in [0, 0.05) is 30.2 Å². The van der Waals surface area contributed by atoms with E-state index < -0.39 is 17.6 Å². The van der Waals surface area contributed by atoms with Gasteiger partial charge in [0.25, 0.3) is 5.91 Å². The highest BCUT2D eigenvalue weighted by Crippen LogP contribution is 2.27. The molecule has 0 saturated carbocycles. The third-order valence-corrected chi connectivity index (χ3v) is 2.73. The normalized spacial score (nSPS) is 11.1. The van der Waals surface area contributed by atoms with Crippen LogP contribution in [-0.2, 0) is 12.7 Å². The molecule has 1 N–H and O–H groups in total. The summed E-state index contributed by atoms with van der Waals surface area (Å²) in [6.45, 7) is 2.11. The van der Waals surface area contributed by atoms with Crippen molar-refractivity contribution >= 4 is 5.91 Å². The van der Waals surface area contributed by atoms with E-state index in [1.807, 2.05) is 0 Å². The molecule has 0 aliphatic heterocycles. The van der Waals surface area contributed by atoms with Gasteiger partial charge < -0.3 is 10.1 Å². The second-order valence-corrected chi connectivity index (χ2v) is 4.38. The SMILES string of the molecule is CCOc1cc(C(=O)NCc2ncc(C(F)(F)F)cn2)ccn1. The van der Waals surface area contributed by atoms with Crippen LogP contribution in [0.4, 0.5) is 13.2 Å². The molecule has 0 aliphatic carbocycles. The smallest absolute Gasteiger partial charge is 0.419 e. The summed E-state index contributed by atoms with van der Waals surface area (Å²) in [6, 6.07) is 2.96. The lowest BCUT2D eigenvalue weighted by atomic mass is 10.2. The summed E-state index contributed by atoms with van der Waals surface area (Å²) >= 11 is 0. The molecule has 2 heterocycles. The molecule has 6 nitrogen and oxygen atoms in total. The van der Waals surface area contributed by atoms with Gasteiger partial charge in [0.2, 0.25) is 5.88 Å². The van der Waals surface area contributed by atoms with Crippen LogP contribution in [0, 0.1) is 0 Å². The van der Waals surface area contributed by atoms with Crippen LogP contribution in [0.5, 0.6) is 5.88 Å². The summed E-state index contributed by atoms with van der Waals surface area (Å²) in [6.07, 6.45) is -1.72. The van der Waals surface area contributed by atoms with Gasteiger partial charge in [-0.05, 0) is 13.0 Å². The molecule has 0 unspecified atom stereocenters. The first-order valence-corrected chi connectivity index (χ1v) is 6.65. The van der Waals surface area contributed by atoms with E-state index in [2.05, 4.69) is 20.3 Å². The first-order chi connectivity index (χ1) is 10.9. The van der Waals surface area contributed by atoms with Crippen LogP contribution in [0.1, 0.15) is 28.7 Å². The van der Waals surface area contributed by atoms with Crippen molar-refractivity contribution in [2.75, 3.05) is 6.61 Å². The molecular formula is C14H13F3N4O2. The van der Waals surface area contributed by atoms with Crippen molar-refractivity contribution in [2.45, 2.75) is 19.6 Å². The number of ether oxygens (including phenoxy) is 1. The molecule has 0 saturated heterocycles. The number of aromatic nitrogens is 3. The minimum atomic E-state index is -4.49. The lowest BCUT2D eigenvalue weighted by Gasteiger charge is -2.08. The maximum absolute atomic E-state index is 12.4. The van der Waals surface area contributed by atoms with E-state index in [0.717, 1.165) is 0 Å². The van der Waals surface area contributed by atoms with Crippen LogP contribution in [0.3, 0.4) is 0 Å². The van der Waals surface area contributed by atoms with Gasteiger partial charge in [0.15, 0.2) is 0 Å². The molecule has 122 valence electrons. The van der Waals surface area contributed by atoms with Crippen LogP contribution in [-0.4, -0.2) is 27.5 Å². The average Bonchev–Trinajstić information content (AvgIpc) is 2.53. The Balaban J connectivity index is 1.97. The molecule has 2 aromatic heterocycles. The van der Waals surface area contributed by atoms with Gasteiger partial charge in [-0.1, -0.05) is 0 Å². The molecule has 0 fully saturated rings. The first-order valence-electron chi connectivity index (χ1n) is 6.65. The molecule has 0 aliphatic rings. The average molecular weight is 326 g/mol. The summed E-state index contributed by atoms with van der Waals surface area (Å²) in [5.74, 6) is -0.0479. The predicted octanol–water partition coefficient (Wildman–Crippen LogP) is 2.22. The molecule has 23 heavy (non-hydrogen) atoms. The Morgan fingerprint density at radius 3 is 2.57 bits per heavy atom. The Bertz CT molecular complexity index is 674. The molecule has 0 bridgehead atoms. The molecule has 9 heteroatoms. The van der Waals surface area contributed by atoms with Crippen molar-refractivity contribution in [1.82, 2.24) is 20.3 Å². The lowest BCUT2D eigenvalue weighted by molar-refractivity contribution is -0.138. The first kappa shape index (κ1) is 16.7. The highest BCUT2D eigenvalue weighted by atomic mass is 19.4. The lowest BCUT2D eigenvalue weighted by Crippen LogP contribution is -2.24. The summed E-state index contributed by atoms with van der Waals surface area (Å²) < 4.78 is 42.3. The minimum absolute atomic E-state index is 0.0745. The number of nitrogens with one attached hydrogen (secondary N) is 1. The number of hydrogen-bond acceptors (Lipinski definition) is 5. The van der Waals surface area contributed by atoms with Crippen molar-refractivity contribution in [2.24, 2.45) is 0 Å². The van der Waals surface area contributed by atoms with Crippen LogP contribution in [0.15, 0.2) is 30.7 Å². The zero-order valence-corrected chi connectivity index (χ0v) is 12.1. The summed E-state index contributed by atoms with van der Waals surface area (Å²) in [7, 11) is 0. The van der Waals surface area contributed by atoms with Crippen LogP contribution < -0.4 is 10.1 Å². The van der Waals surface area contributed by atoms with E-state index >= 15 is 0 Å². The Morgan fingerprint density at radius 1 is 1.26 bits per heavy atom. The fourth-order valence-corrected chi connectivity index (χ4v) is 1.63. The third kappa shape index (κ3) is 4.63. The van der Waals surface area contributed by atoms with E-state index in [1.165, 1.54) is 18.3 Å². The second kappa shape index (κ2) is 7.03. The van der Waals surface area contributed by atoms with Crippen molar-refractivity contribution in [3.05, 3.63) is 47.7 Å². The quantitative estimate of drug-likeness (QED) is 0.912. The molecule has 0 aromatic carbocycles. The molecule has 0 radical (unpaired) electrons. The molecule has 0 spiro atoms. The number of hydrogen-bond donors (Lipinski definition) is 1. The number of carbonyl (C=O) groups excluding carboxylic acids is 1. The van der Waals surface area contributed by atoms with E-state index in [4.69, 9.17) is 4.74 Å². The molecule has 0 atom stereocenters. The van der Waals surface area contributed by atoms with Gasteiger partial charge in [0.05, 0.1) is 18.7 Å². The molecule has 2 aromatic rings. The molecule has 1 amide bonds. The number of halogens is 3. The molecule has 2 rings (SSSR count). The number of alkyl halides is 3. The van der Waals surface area contributed by atoms with Gasteiger partial charge in [-0.3, -0.25) is 4.79 Å². The monoisotopic (exact) mass is 326 g/mol. The van der Waals surface area contributed by atoms with Gasteiger partial charge in [0.1, 0.15) is 5.82 Å². The Labute approximate surface area is 129 Å². The topological polar surface area (TPSA) is 77.0 Å². The summed E-state index contributed by atoms with van der Waals surface area (Å²) in [5, 5.41) is 2.51. The van der Waals surface area contributed by atoms with E-state index in [0.29, 0.717) is 30.4 Å². The van der Waals surface area contributed by atoms with Crippen molar-refractivity contribution < 1.29 is 22.7 Å². The van der Waals surface area contributed by atoms with Crippen LogP contribution in [0.2, 0.25) is 0 Å². The highest BCUT2D eigenvalue weighted by molar-refractivity contribution is 5.94. The fourth-order valence-electron chi connectivity index (χ4n) is 1.63. The van der Waals surface area contributed by atoms with E-state index in [1.54, 1.807) is 6.92 Å². The van der Waals surface area contributed by atoms with Gasteiger partial charge >= 0.3 is 6.18 Å². The van der Waals surface area contributed by atoms with Crippen molar-refractivity contribution in [3.8, 4) is 5.88 Å². The van der Waals surface area contributed by atoms with E-state index in [-0.39, 0.29) is 12.4 Å². The number of amides is 1. The zero-order valence-electron chi connectivity index (χ0n) is 12.1.